The highest BCUT2D eigenvalue weighted by molar-refractivity contribution is 14.1. The van der Waals surface area contributed by atoms with Gasteiger partial charge in [0.15, 0.2) is 0 Å². The molecule has 0 N–H and O–H groups in total. The Morgan fingerprint density at radius 1 is 1.00 bits per heavy atom. The monoisotopic (exact) mass is 363 g/mol. The normalized spacial score (nSPS) is 12.5. The quantitative estimate of drug-likeness (QED) is 0.458. The Morgan fingerprint density at radius 3 is 2.42 bits per heavy atom. The van der Waals surface area contributed by atoms with Gasteiger partial charge in [0.05, 0.1) is 33.9 Å². The molecule has 98 valence electrons. The number of fused-ring (bicyclic) bond motifs is 3. The molecule has 3 aromatic rings. The first-order chi connectivity index (χ1) is 8.89. The van der Waals surface area contributed by atoms with Gasteiger partial charge in [0.1, 0.15) is 0 Å². The van der Waals surface area contributed by atoms with Gasteiger partial charge in [0.2, 0.25) is 0 Å². The molecule has 19 heavy (non-hydrogen) atoms. The van der Waals surface area contributed by atoms with Crippen LogP contribution in [0.4, 0.5) is 0 Å². The van der Waals surface area contributed by atoms with E-state index in [-0.39, 0.29) is 5.41 Å². The van der Waals surface area contributed by atoms with Crippen molar-refractivity contribution in [2.75, 3.05) is 0 Å². The van der Waals surface area contributed by atoms with Gasteiger partial charge in [-0.15, -0.1) is 0 Å². The van der Waals surface area contributed by atoms with E-state index in [1.807, 2.05) is 0 Å². The summed E-state index contributed by atoms with van der Waals surface area (Å²) < 4.78 is 2.27. The highest BCUT2D eigenvalue weighted by Gasteiger charge is 2.20. The van der Waals surface area contributed by atoms with Crippen molar-refractivity contribution >= 4 is 44.7 Å². The summed E-state index contributed by atoms with van der Waals surface area (Å²) in [4.78, 5) is 0. The average molecular weight is 363 g/mol. The minimum Gasteiger partial charge on any atom is -0.282 e. The Morgan fingerprint density at radius 2 is 1.74 bits per heavy atom. The molecule has 0 unspecified atom stereocenters. The Balaban J connectivity index is 2.58. The molecule has 2 aromatic carbocycles. The summed E-state index contributed by atoms with van der Waals surface area (Å²) in [5.41, 5.74) is 5.52. The van der Waals surface area contributed by atoms with Gasteiger partial charge in [0, 0.05) is 10.8 Å². The van der Waals surface area contributed by atoms with Crippen molar-refractivity contribution in [1.29, 1.82) is 0 Å². The summed E-state index contributed by atoms with van der Waals surface area (Å²) in [6, 6.07) is 13.4. The fourth-order valence-electron chi connectivity index (χ4n) is 2.76. The molecule has 1 heterocycles. The fraction of sp³-hybridized carbons (Fsp3) is 0.294. The molecule has 3 rings (SSSR count). The summed E-state index contributed by atoms with van der Waals surface area (Å²) in [5, 5.41) is 2.78. The van der Waals surface area contributed by atoms with Crippen molar-refractivity contribution in [2.24, 2.45) is 0 Å². The minimum atomic E-state index is 0.161. The molecule has 0 atom stereocenters. The number of aromatic nitrogens is 1. The molecule has 2 heteroatoms. The van der Waals surface area contributed by atoms with Gasteiger partial charge < -0.3 is 0 Å². The third-order valence-corrected chi connectivity index (χ3v) is 4.73. The largest absolute Gasteiger partial charge is 0.282 e. The van der Waals surface area contributed by atoms with Gasteiger partial charge >= 0.3 is 0 Å². The zero-order chi connectivity index (χ0) is 13.8. The molecular weight excluding hydrogens is 345 g/mol. The Bertz CT molecular complexity index is 775. The van der Waals surface area contributed by atoms with Crippen LogP contribution >= 0.6 is 22.9 Å². The van der Waals surface area contributed by atoms with Gasteiger partial charge in [-0.05, 0) is 36.1 Å². The molecular formula is C17H18IN. The molecule has 0 fully saturated rings. The molecule has 0 radical (unpaired) electrons. The number of hydrogen-bond donors (Lipinski definition) is 0. The lowest BCUT2D eigenvalue weighted by Crippen LogP contribution is -2.11. The van der Waals surface area contributed by atoms with Crippen LogP contribution < -0.4 is 0 Å². The van der Waals surface area contributed by atoms with E-state index in [2.05, 4.69) is 89.7 Å². The predicted octanol–water partition coefficient (Wildman–Crippen LogP) is 5.60. The van der Waals surface area contributed by atoms with Gasteiger partial charge in [-0.3, -0.25) is 2.78 Å². The molecule has 1 aromatic heterocycles. The van der Waals surface area contributed by atoms with E-state index in [4.69, 9.17) is 0 Å². The van der Waals surface area contributed by atoms with E-state index in [0.29, 0.717) is 0 Å². The molecule has 1 nitrogen and oxygen atoms in total. The van der Waals surface area contributed by atoms with E-state index in [9.17, 15) is 0 Å². The van der Waals surface area contributed by atoms with Crippen molar-refractivity contribution in [1.82, 2.24) is 2.78 Å². The Hall–Kier alpha value is -1.03. The number of hydrogen-bond acceptors (Lipinski definition) is 0. The third kappa shape index (κ3) is 1.97. The molecule has 0 aliphatic heterocycles. The zero-order valence-electron chi connectivity index (χ0n) is 11.8. The summed E-state index contributed by atoms with van der Waals surface area (Å²) in [7, 11) is 0. The number of halogens is 1. The maximum absolute atomic E-state index is 2.40. The molecule has 0 saturated heterocycles. The first-order valence-corrected chi connectivity index (χ1v) is 7.56. The second-order valence-corrected chi connectivity index (χ2v) is 7.22. The van der Waals surface area contributed by atoms with Crippen LogP contribution in [0.15, 0.2) is 36.4 Å². The molecule has 0 amide bonds. The van der Waals surface area contributed by atoms with Crippen LogP contribution in [0.1, 0.15) is 31.9 Å². The second kappa shape index (κ2) is 4.23. The third-order valence-electron chi connectivity index (χ3n) is 3.69. The van der Waals surface area contributed by atoms with Crippen LogP contribution in [-0.2, 0) is 5.41 Å². The number of aryl methyl sites for hydroxylation is 1. The van der Waals surface area contributed by atoms with Gasteiger partial charge in [-0.25, -0.2) is 0 Å². The van der Waals surface area contributed by atoms with Gasteiger partial charge in [0.25, 0.3) is 0 Å². The number of benzene rings is 2. The second-order valence-electron chi connectivity index (χ2n) is 6.25. The van der Waals surface area contributed by atoms with Gasteiger partial charge in [-0.1, -0.05) is 44.5 Å². The Labute approximate surface area is 128 Å². The van der Waals surface area contributed by atoms with Crippen molar-refractivity contribution in [2.45, 2.75) is 33.1 Å². The molecule has 0 spiro atoms. The lowest BCUT2D eigenvalue weighted by atomic mass is 9.84. The van der Waals surface area contributed by atoms with Crippen LogP contribution in [0.2, 0.25) is 0 Å². The van der Waals surface area contributed by atoms with E-state index in [0.717, 1.165) is 0 Å². The van der Waals surface area contributed by atoms with Crippen LogP contribution in [0.25, 0.3) is 21.8 Å². The first kappa shape index (κ1) is 13.0. The lowest BCUT2D eigenvalue weighted by molar-refractivity contribution is 0.596. The topological polar surface area (TPSA) is 4.93 Å². The van der Waals surface area contributed by atoms with Crippen molar-refractivity contribution in [3.63, 3.8) is 0 Å². The van der Waals surface area contributed by atoms with Crippen molar-refractivity contribution in [3.8, 4) is 0 Å². The Kier molecular flexibility index (Phi) is 2.89. The number of nitrogens with zero attached hydrogens (tertiary/aromatic N) is 1. The summed E-state index contributed by atoms with van der Waals surface area (Å²) >= 11 is 2.40. The molecule has 0 aliphatic rings. The van der Waals surface area contributed by atoms with Crippen LogP contribution in [0.5, 0.6) is 0 Å². The maximum Gasteiger partial charge on any atom is 0.0646 e. The van der Waals surface area contributed by atoms with E-state index in [1.54, 1.807) is 0 Å². The average Bonchev–Trinajstić information content (AvgIpc) is 2.62. The maximum atomic E-state index is 2.40. The summed E-state index contributed by atoms with van der Waals surface area (Å²) in [5.74, 6) is 0. The zero-order valence-corrected chi connectivity index (χ0v) is 13.9. The molecule has 0 aliphatic carbocycles. The first-order valence-electron chi connectivity index (χ1n) is 6.60. The van der Waals surface area contributed by atoms with Crippen LogP contribution in [0, 0.1) is 6.92 Å². The number of rotatable bonds is 0. The SMILES string of the molecule is Cc1ccc2c(c1)c1c(C(C)(C)C)cccc1n2I. The van der Waals surface area contributed by atoms with Crippen LogP contribution in [0.3, 0.4) is 0 Å². The van der Waals surface area contributed by atoms with E-state index in [1.165, 1.54) is 32.9 Å². The van der Waals surface area contributed by atoms with Crippen molar-refractivity contribution < 1.29 is 0 Å². The molecule has 0 saturated carbocycles. The lowest BCUT2D eigenvalue weighted by Gasteiger charge is -2.20. The highest BCUT2D eigenvalue weighted by Crippen LogP contribution is 2.38. The standard InChI is InChI=1S/C17H18IN/c1-11-8-9-14-12(10-11)16-13(17(2,3)4)6-5-7-15(16)19(14)18/h5-10H,1-4H3. The molecule has 0 bridgehead atoms. The summed E-state index contributed by atoms with van der Waals surface area (Å²) in [6.45, 7) is 9.02. The highest BCUT2D eigenvalue weighted by atomic mass is 127. The fourth-order valence-corrected chi connectivity index (χ4v) is 3.59. The van der Waals surface area contributed by atoms with E-state index >= 15 is 0 Å². The van der Waals surface area contributed by atoms with Gasteiger partial charge in [-0.2, -0.15) is 0 Å². The van der Waals surface area contributed by atoms with Crippen molar-refractivity contribution in [3.05, 3.63) is 47.5 Å². The predicted molar refractivity (Wildman–Crippen MR) is 92.3 cm³/mol. The van der Waals surface area contributed by atoms with Crippen LogP contribution in [-0.4, -0.2) is 2.78 Å². The minimum absolute atomic E-state index is 0.161. The van der Waals surface area contributed by atoms with E-state index < -0.39 is 0 Å². The smallest absolute Gasteiger partial charge is 0.0646 e. The summed E-state index contributed by atoms with van der Waals surface area (Å²) in [6.07, 6.45) is 0.